The Morgan fingerprint density at radius 2 is 1.71 bits per heavy atom. The van der Waals surface area contributed by atoms with Gasteiger partial charge >= 0.3 is 5.69 Å². The van der Waals surface area contributed by atoms with E-state index in [1.807, 2.05) is 6.20 Å². The zero-order valence-corrected chi connectivity index (χ0v) is 21.4. The number of halogens is 1. The highest BCUT2D eigenvalue weighted by Crippen LogP contribution is 2.29. The summed E-state index contributed by atoms with van der Waals surface area (Å²) in [7, 11) is 0. The summed E-state index contributed by atoms with van der Waals surface area (Å²) in [5.41, 5.74) is 1.66. The lowest BCUT2D eigenvalue weighted by Gasteiger charge is -2.34. The van der Waals surface area contributed by atoms with Crippen LogP contribution >= 0.6 is 0 Å². The van der Waals surface area contributed by atoms with Gasteiger partial charge in [-0.1, -0.05) is 0 Å². The van der Waals surface area contributed by atoms with E-state index in [0.717, 1.165) is 51.5 Å². The van der Waals surface area contributed by atoms with Crippen molar-refractivity contribution in [1.82, 2.24) is 24.0 Å². The van der Waals surface area contributed by atoms with Crippen LogP contribution in [0.15, 0.2) is 47.5 Å². The first kappa shape index (κ1) is 24.8. The number of benzene rings is 1. The normalized spacial score (nSPS) is 22.7. The lowest BCUT2D eigenvalue weighted by Crippen LogP contribution is -2.41. The highest BCUT2D eigenvalue weighted by Gasteiger charge is 2.31. The van der Waals surface area contributed by atoms with Crippen molar-refractivity contribution < 1.29 is 13.9 Å². The van der Waals surface area contributed by atoms with Crippen LogP contribution in [0.2, 0.25) is 0 Å². The number of nitrogens with one attached hydrogen (secondary N) is 1. The average Bonchev–Trinajstić information content (AvgIpc) is 3.53. The number of carbonyl (C=O) groups is 1. The van der Waals surface area contributed by atoms with E-state index in [-0.39, 0.29) is 29.5 Å². The fraction of sp³-hybridized carbons (Fsp3) is 0.500. The Labute approximate surface area is 220 Å². The van der Waals surface area contributed by atoms with E-state index >= 15 is 0 Å². The molecule has 0 radical (unpaired) electrons. The van der Waals surface area contributed by atoms with Crippen LogP contribution in [0.4, 0.5) is 10.3 Å². The summed E-state index contributed by atoms with van der Waals surface area (Å²) in [5, 5.41) is 3.48. The van der Waals surface area contributed by atoms with Gasteiger partial charge in [0.2, 0.25) is 11.9 Å². The van der Waals surface area contributed by atoms with Crippen LogP contribution < -0.4 is 11.0 Å². The molecule has 3 aromatic rings. The maximum Gasteiger partial charge on any atom is 0.333 e. The van der Waals surface area contributed by atoms with E-state index in [4.69, 9.17) is 9.72 Å². The number of nitrogens with zero attached hydrogens (tertiary/aromatic N) is 5. The Balaban J connectivity index is 1.25. The number of rotatable bonds is 6. The van der Waals surface area contributed by atoms with Crippen LogP contribution in [0.1, 0.15) is 57.4 Å². The second-order valence-electron chi connectivity index (χ2n) is 10.5. The summed E-state index contributed by atoms with van der Waals surface area (Å²) < 4.78 is 22.5. The minimum Gasteiger partial charge on any atom is -0.381 e. The lowest BCUT2D eigenvalue weighted by molar-refractivity contribution is -0.130. The Kier molecular flexibility index (Phi) is 6.97. The van der Waals surface area contributed by atoms with Gasteiger partial charge in [0.1, 0.15) is 5.82 Å². The summed E-state index contributed by atoms with van der Waals surface area (Å²) in [6.45, 7) is 2.11. The SMILES string of the molecule is O=C1CCCN1C1CCC(Nc2nccc(-c3cn(C4CCOCC4)c(=O)n3-c3ccc(F)cc3)n2)CC1. The molecular formula is C28H33FN6O3. The molecule has 1 aliphatic carbocycles. The first-order chi connectivity index (χ1) is 18.6. The van der Waals surface area contributed by atoms with E-state index in [1.165, 1.54) is 12.1 Å². The second kappa shape index (κ2) is 10.7. The molecule has 9 nitrogen and oxygen atoms in total. The lowest BCUT2D eigenvalue weighted by atomic mass is 9.90. The molecule has 3 fully saturated rings. The fourth-order valence-corrected chi connectivity index (χ4v) is 6.05. The Morgan fingerprint density at radius 3 is 2.42 bits per heavy atom. The number of ether oxygens (including phenoxy) is 1. The Morgan fingerprint density at radius 1 is 0.947 bits per heavy atom. The first-order valence-electron chi connectivity index (χ1n) is 13.6. The first-order valence-corrected chi connectivity index (χ1v) is 13.6. The molecule has 0 atom stereocenters. The molecule has 2 aliphatic heterocycles. The molecule has 1 amide bonds. The molecule has 2 aromatic heterocycles. The molecule has 1 saturated carbocycles. The Hall–Kier alpha value is -3.53. The van der Waals surface area contributed by atoms with Crippen molar-refractivity contribution in [1.29, 1.82) is 0 Å². The van der Waals surface area contributed by atoms with Crippen molar-refractivity contribution >= 4 is 11.9 Å². The van der Waals surface area contributed by atoms with Gasteiger partial charge in [-0.2, -0.15) is 0 Å². The topological polar surface area (TPSA) is 94.3 Å². The van der Waals surface area contributed by atoms with Crippen molar-refractivity contribution in [3.05, 3.63) is 59.0 Å². The largest absolute Gasteiger partial charge is 0.381 e. The molecule has 38 heavy (non-hydrogen) atoms. The zero-order chi connectivity index (χ0) is 26.1. The third-order valence-corrected chi connectivity index (χ3v) is 8.08. The molecule has 2 saturated heterocycles. The maximum atomic E-state index is 13.7. The number of hydrogen-bond acceptors (Lipinski definition) is 6. The van der Waals surface area contributed by atoms with Crippen LogP contribution in [0.5, 0.6) is 0 Å². The predicted octanol–water partition coefficient (Wildman–Crippen LogP) is 3.93. The van der Waals surface area contributed by atoms with Gasteiger partial charge in [-0.3, -0.25) is 13.9 Å². The van der Waals surface area contributed by atoms with E-state index in [0.29, 0.717) is 48.7 Å². The molecule has 1 N–H and O–H groups in total. The summed E-state index contributed by atoms with van der Waals surface area (Å²) in [6.07, 6.45) is 10.6. The quantitative estimate of drug-likeness (QED) is 0.529. The minimum absolute atomic E-state index is 0.0359. The van der Waals surface area contributed by atoms with Crippen molar-refractivity contribution in [2.75, 3.05) is 25.1 Å². The minimum atomic E-state index is -0.357. The molecule has 4 heterocycles. The number of amides is 1. The molecule has 1 aromatic carbocycles. The molecule has 0 spiro atoms. The van der Waals surface area contributed by atoms with E-state index in [2.05, 4.69) is 15.2 Å². The van der Waals surface area contributed by atoms with Crippen LogP contribution in [-0.4, -0.2) is 61.8 Å². The van der Waals surface area contributed by atoms with Gasteiger partial charge in [0.25, 0.3) is 0 Å². The van der Waals surface area contributed by atoms with Gasteiger partial charge < -0.3 is 15.0 Å². The highest BCUT2D eigenvalue weighted by molar-refractivity contribution is 5.78. The third-order valence-electron chi connectivity index (χ3n) is 8.08. The van der Waals surface area contributed by atoms with Crippen LogP contribution in [0.25, 0.3) is 17.1 Å². The third kappa shape index (κ3) is 4.97. The van der Waals surface area contributed by atoms with Crippen molar-refractivity contribution in [3.8, 4) is 17.1 Å². The van der Waals surface area contributed by atoms with Crippen molar-refractivity contribution in [3.63, 3.8) is 0 Å². The molecule has 200 valence electrons. The number of hydrogen-bond donors (Lipinski definition) is 1. The molecule has 0 bridgehead atoms. The number of anilines is 1. The Bertz CT molecular complexity index is 1340. The summed E-state index contributed by atoms with van der Waals surface area (Å²) in [6, 6.07) is 8.33. The van der Waals surface area contributed by atoms with E-state index < -0.39 is 0 Å². The molecular weight excluding hydrogens is 487 g/mol. The molecule has 6 rings (SSSR count). The molecule has 3 aliphatic rings. The average molecular weight is 521 g/mol. The predicted molar refractivity (Wildman–Crippen MR) is 141 cm³/mol. The second-order valence-corrected chi connectivity index (χ2v) is 10.5. The van der Waals surface area contributed by atoms with Crippen LogP contribution in [0, 0.1) is 5.82 Å². The number of imidazole rings is 1. The van der Waals surface area contributed by atoms with Gasteiger partial charge in [0.15, 0.2) is 0 Å². The highest BCUT2D eigenvalue weighted by atomic mass is 19.1. The van der Waals surface area contributed by atoms with E-state index in [9.17, 15) is 14.0 Å². The van der Waals surface area contributed by atoms with Crippen LogP contribution in [-0.2, 0) is 9.53 Å². The van der Waals surface area contributed by atoms with Crippen molar-refractivity contribution in [2.45, 2.75) is 69.5 Å². The van der Waals surface area contributed by atoms with Crippen molar-refractivity contribution in [2.24, 2.45) is 0 Å². The standard InChI is InChI=1S/C28H33FN6O3/c29-19-3-7-23(8-4-19)35-25(18-34(28(35)37)22-12-16-38-17-13-22)24-11-14-30-27(32-24)31-20-5-9-21(10-6-20)33-15-1-2-26(33)36/h3-4,7-8,11,14,18,20-22H,1-2,5-6,9-10,12-13,15-17H2,(H,30,31,32). The fourth-order valence-electron chi connectivity index (χ4n) is 6.05. The van der Waals surface area contributed by atoms with Crippen LogP contribution in [0.3, 0.4) is 0 Å². The van der Waals surface area contributed by atoms with Gasteiger partial charge in [0, 0.05) is 56.7 Å². The number of carbonyl (C=O) groups excluding carboxylic acids is 1. The smallest absolute Gasteiger partial charge is 0.333 e. The van der Waals surface area contributed by atoms with Gasteiger partial charge in [-0.15, -0.1) is 0 Å². The van der Waals surface area contributed by atoms with Gasteiger partial charge in [-0.05, 0) is 75.3 Å². The zero-order valence-electron chi connectivity index (χ0n) is 21.4. The summed E-state index contributed by atoms with van der Waals surface area (Å²) in [4.78, 5) is 37.1. The summed E-state index contributed by atoms with van der Waals surface area (Å²) in [5.74, 6) is 0.446. The molecule has 0 unspecified atom stereocenters. The number of aromatic nitrogens is 4. The van der Waals surface area contributed by atoms with Gasteiger partial charge in [-0.25, -0.2) is 19.2 Å². The van der Waals surface area contributed by atoms with E-state index in [1.54, 1.807) is 33.5 Å². The number of likely N-dealkylation sites (tertiary alicyclic amines) is 1. The summed E-state index contributed by atoms with van der Waals surface area (Å²) >= 11 is 0. The maximum absolute atomic E-state index is 13.7. The molecule has 10 heteroatoms. The monoisotopic (exact) mass is 520 g/mol. The van der Waals surface area contributed by atoms with Gasteiger partial charge in [0.05, 0.1) is 17.1 Å².